The summed E-state index contributed by atoms with van der Waals surface area (Å²) in [6.07, 6.45) is 0.404. The Balaban J connectivity index is 4.16. The van der Waals surface area contributed by atoms with E-state index in [-0.39, 0.29) is 12.6 Å². The Bertz CT molecular complexity index is 314. The predicted molar refractivity (Wildman–Crippen MR) is 58.0 cm³/mol. The van der Waals surface area contributed by atoms with Crippen molar-refractivity contribution in [3.8, 4) is 0 Å². The van der Waals surface area contributed by atoms with Gasteiger partial charge in [0.1, 0.15) is 0 Å². The molecule has 9 N–H and O–H groups in total. The lowest BCUT2D eigenvalue weighted by atomic mass is 10.5. The van der Waals surface area contributed by atoms with Crippen molar-refractivity contribution in [3.05, 3.63) is 0 Å². The van der Waals surface area contributed by atoms with E-state index in [2.05, 4.69) is 19.3 Å². The zero-order valence-electron chi connectivity index (χ0n) is 8.44. The van der Waals surface area contributed by atoms with Gasteiger partial charge in [0.2, 0.25) is 0 Å². The first kappa shape index (κ1) is 14.6. The summed E-state index contributed by atoms with van der Waals surface area (Å²) < 4.78 is 19.7. The number of hydrogen-bond acceptors (Lipinski definition) is 5. The maximum atomic E-state index is 11.1. The van der Waals surface area contributed by atoms with Crippen LogP contribution in [-0.4, -0.2) is 30.0 Å². The van der Waals surface area contributed by atoms with Crippen molar-refractivity contribution >= 4 is 19.7 Å². The SMILES string of the molecule is NCCCOP(=O)(O)ON=C(N)N=C(N)N. The lowest BCUT2D eigenvalue weighted by molar-refractivity contribution is 0.153. The third kappa shape index (κ3) is 8.00. The quantitative estimate of drug-likeness (QED) is 0.118. The van der Waals surface area contributed by atoms with Gasteiger partial charge in [0, 0.05) is 0 Å². The molecule has 0 radical (unpaired) electrons. The Hall–Kier alpha value is -1.35. The molecule has 0 aliphatic heterocycles. The fourth-order valence-electron chi connectivity index (χ4n) is 0.533. The second-order valence-corrected chi connectivity index (χ2v) is 3.87. The third-order valence-corrected chi connectivity index (χ3v) is 1.88. The van der Waals surface area contributed by atoms with Crippen LogP contribution in [0.5, 0.6) is 0 Å². The average molecular weight is 254 g/mol. The van der Waals surface area contributed by atoms with Crippen LogP contribution in [-0.2, 0) is 13.7 Å². The molecule has 0 aromatic carbocycles. The Kier molecular flexibility index (Phi) is 6.42. The van der Waals surface area contributed by atoms with Gasteiger partial charge < -0.3 is 22.9 Å². The Labute approximate surface area is 91.9 Å². The zero-order chi connectivity index (χ0) is 12.6. The Morgan fingerprint density at radius 2 is 2.00 bits per heavy atom. The normalized spacial score (nSPS) is 15.2. The van der Waals surface area contributed by atoms with Crippen molar-refractivity contribution in [1.82, 2.24) is 0 Å². The largest absolute Gasteiger partial charge is 0.547 e. The van der Waals surface area contributed by atoms with Crippen molar-refractivity contribution in [2.75, 3.05) is 13.2 Å². The molecule has 1 atom stereocenters. The van der Waals surface area contributed by atoms with Crippen LogP contribution in [0.25, 0.3) is 0 Å². The molecule has 0 fully saturated rings. The topological polar surface area (TPSA) is 185 Å². The van der Waals surface area contributed by atoms with Crippen molar-refractivity contribution in [1.29, 1.82) is 0 Å². The first-order valence-corrected chi connectivity index (χ1v) is 5.66. The summed E-state index contributed by atoms with van der Waals surface area (Å²) in [5, 5.41) is 2.99. The minimum atomic E-state index is -4.29. The number of phosphoric ester groups is 1. The first-order valence-electron chi connectivity index (χ1n) is 4.16. The van der Waals surface area contributed by atoms with Gasteiger partial charge in [-0.2, -0.15) is 4.99 Å². The fourth-order valence-corrected chi connectivity index (χ4v) is 1.13. The van der Waals surface area contributed by atoms with Gasteiger partial charge in [-0.25, -0.2) is 4.57 Å². The summed E-state index contributed by atoms with van der Waals surface area (Å²) >= 11 is 0. The number of hydrogen-bond donors (Lipinski definition) is 5. The van der Waals surface area contributed by atoms with Gasteiger partial charge in [-0.3, -0.25) is 14.0 Å². The van der Waals surface area contributed by atoms with E-state index in [1.165, 1.54) is 0 Å². The summed E-state index contributed by atoms with van der Waals surface area (Å²) in [6.45, 7) is 0.279. The minimum Gasteiger partial charge on any atom is -0.370 e. The number of rotatable bonds is 6. The summed E-state index contributed by atoms with van der Waals surface area (Å²) in [7, 11) is -4.29. The van der Waals surface area contributed by atoms with Gasteiger partial charge in [-0.15, -0.1) is 0 Å². The number of phosphoric acid groups is 1. The highest BCUT2D eigenvalue weighted by Crippen LogP contribution is 2.43. The van der Waals surface area contributed by atoms with Crippen LogP contribution in [0.1, 0.15) is 6.42 Å². The van der Waals surface area contributed by atoms with Gasteiger partial charge in [0.05, 0.1) is 6.61 Å². The molecule has 94 valence electrons. The van der Waals surface area contributed by atoms with Crippen LogP contribution in [0.4, 0.5) is 0 Å². The summed E-state index contributed by atoms with van der Waals surface area (Å²) in [4.78, 5) is 12.3. The first-order chi connectivity index (χ1) is 7.37. The monoisotopic (exact) mass is 254 g/mol. The van der Waals surface area contributed by atoms with Crippen LogP contribution in [0, 0.1) is 0 Å². The molecule has 0 aliphatic rings. The van der Waals surface area contributed by atoms with E-state index in [4.69, 9.17) is 27.8 Å². The molecular weight excluding hydrogens is 239 g/mol. The van der Waals surface area contributed by atoms with Gasteiger partial charge in [0.15, 0.2) is 5.96 Å². The van der Waals surface area contributed by atoms with Crippen molar-refractivity contribution in [2.45, 2.75) is 6.42 Å². The molecule has 1 unspecified atom stereocenters. The molecule has 10 nitrogen and oxygen atoms in total. The predicted octanol–water partition coefficient (Wildman–Crippen LogP) is -2.03. The highest BCUT2D eigenvalue weighted by Gasteiger charge is 2.22. The molecule has 0 saturated heterocycles. The number of nitrogens with zero attached hydrogens (tertiary/aromatic N) is 2. The van der Waals surface area contributed by atoms with E-state index in [0.29, 0.717) is 13.0 Å². The van der Waals surface area contributed by atoms with E-state index in [0.717, 1.165) is 0 Å². The molecule has 0 rings (SSSR count). The van der Waals surface area contributed by atoms with Crippen LogP contribution in [0.15, 0.2) is 10.1 Å². The second kappa shape index (κ2) is 7.01. The average Bonchev–Trinajstić information content (AvgIpc) is 2.14. The van der Waals surface area contributed by atoms with Crippen LogP contribution < -0.4 is 22.9 Å². The van der Waals surface area contributed by atoms with E-state index in [1.54, 1.807) is 0 Å². The van der Waals surface area contributed by atoms with Gasteiger partial charge in [-0.05, 0) is 18.1 Å². The molecule has 0 heterocycles. The van der Waals surface area contributed by atoms with E-state index in [1.807, 2.05) is 0 Å². The summed E-state index contributed by atoms with van der Waals surface area (Å²) in [6, 6.07) is 0. The number of guanidine groups is 2. The third-order valence-electron chi connectivity index (χ3n) is 1.08. The molecule has 0 spiro atoms. The molecule has 11 heteroatoms. The van der Waals surface area contributed by atoms with E-state index < -0.39 is 13.8 Å². The van der Waals surface area contributed by atoms with E-state index >= 15 is 0 Å². The van der Waals surface area contributed by atoms with Crippen LogP contribution in [0.3, 0.4) is 0 Å². The minimum absolute atomic E-state index is 0.0397. The van der Waals surface area contributed by atoms with Crippen LogP contribution >= 0.6 is 7.82 Å². The van der Waals surface area contributed by atoms with Gasteiger partial charge >= 0.3 is 7.82 Å². The summed E-state index contributed by atoms with van der Waals surface area (Å²) in [5.41, 5.74) is 20.2. The number of aliphatic imine (C=N–C) groups is 1. The maximum absolute atomic E-state index is 11.1. The molecule has 16 heavy (non-hydrogen) atoms. The lowest BCUT2D eigenvalue weighted by Crippen LogP contribution is -2.26. The molecule has 0 saturated carbocycles. The molecule has 0 aromatic heterocycles. The molecule has 0 amide bonds. The van der Waals surface area contributed by atoms with Crippen molar-refractivity contribution < 1.29 is 18.6 Å². The highest BCUT2D eigenvalue weighted by atomic mass is 31.2. The van der Waals surface area contributed by atoms with E-state index in [9.17, 15) is 4.57 Å². The smallest absolute Gasteiger partial charge is 0.370 e. The van der Waals surface area contributed by atoms with Crippen molar-refractivity contribution in [3.63, 3.8) is 0 Å². The fraction of sp³-hybridized carbons (Fsp3) is 0.600. The van der Waals surface area contributed by atoms with Crippen molar-refractivity contribution in [2.24, 2.45) is 33.1 Å². The van der Waals surface area contributed by atoms with Gasteiger partial charge in [0.25, 0.3) is 5.96 Å². The summed E-state index contributed by atoms with van der Waals surface area (Å²) in [5.74, 6) is -0.863. The molecule has 0 aromatic rings. The lowest BCUT2D eigenvalue weighted by Gasteiger charge is -2.07. The Morgan fingerprint density at radius 3 is 2.50 bits per heavy atom. The highest BCUT2D eigenvalue weighted by molar-refractivity contribution is 7.47. The molecule has 0 bridgehead atoms. The second-order valence-electron chi connectivity index (χ2n) is 2.51. The number of oxime groups is 1. The Morgan fingerprint density at radius 1 is 1.38 bits per heavy atom. The van der Waals surface area contributed by atoms with Gasteiger partial charge in [-0.1, -0.05) is 0 Å². The number of nitrogens with two attached hydrogens (primary N) is 4. The standard InChI is InChI=1S/C5H15N6O4P/c6-2-1-3-14-16(12,13)15-11-5(9)10-4(7)8/h1-3,6H2,(H,12,13)(H6,7,8,9,10,11). The molecule has 0 aliphatic carbocycles. The van der Waals surface area contributed by atoms with Crippen LogP contribution in [0.2, 0.25) is 0 Å². The molecular formula is C5H15N6O4P. The zero-order valence-corrected chi connectivity index (χ0v) is 9.34. The maximum Gasteiger partial charge on any atom is 0.547 e.